The molecule has 0 aliphatic carbocycles. The number of nitrogens with zero attached hydrogens (tertiary/aromatic N) is 2. The Morgan fingerprint density at radius 3 is 2.79 bits per heavy atom. The summed E-state index contributed by atoms with van der Waals surface area (Å²) in [5, 5.41) is 2.17. The zero-order valence-electron chi connectivity index (χ0n) is 7.91. The van der Waals surface area contributed by atoms with Gasteiger partial charge in [-0.25, -0.2) is 9.97 Å². The van der Waals surface area contributed by atoms with Gasteiger partial charge in [0.05, 0.1) is 5.52 Å². The average Bonchev–Trinajstić information content (AvgIpc) is 2.19. The molecule has 0 saturated carbocycles. The first-order valence-electron chi connectivity index (χ1n) is 4.19. The second-order valence-electron chi connectivity index (χ2n) is 2.97. The van der Waals surface area contributed by atoms with E-state index in [4.69, 9.17) is 11.6 Å². The second-order valence-corrected chi connectivity index (χ2v) is 4.10. The minimum atomic E-state index is 0.531. The van der Waals surface area contributed by atoms with Gasteiger partial charge in [0.2, 0.25) is 0 Å². The molecular formula is C10H9ClN2S. The van der Waals surface area contributed by atoms with Crippen LogP contribution in [0.5, 0.6) is 0 Å². The van der Waals surface area contributed by atoms with Crippen molar-refractivity contribution in [2.75, 3.05) is 6.26 Å². The predicted molar refractivity (Wildman–Crippen MR) is 61.1 cm³/mol. The van der Waals surface area contributed by atoms with Gasteiger partial charge >= 0.3 is 0 Å². The maximum absolute atomic E-state index is 6.05. The Kier molecular flexibility index (Phi) is 2.61. The van der Waals surface area contributed by atoms with Crippen LogP contribution in [0.25, 0.3) is 10.9 Å². The summed E-state index contributed by atoms with van der Waals surface area (Å²) in [5.74, 6) is 0. The van der Waals surface area contributed by atoms with E-state index in [9.17, 15) is 0 Å². The first-order valence-corrected chi connectivity index (χ1v) is 5.79. The highest BCUT2D eigenvalue weighted by Gasteiger charge is 2.06. The van der Waals surface area contributed by atoms with E-state index in [1.54, 1.807) is 0 Å². The number of aromatic nitrogens is 2. The molecule has 0 fully saturated rings. The third-order valence-corrected chi connectivity index (χ3v) is 2.88. The average molecular weight is 225 g/mol. The van der Waals surface area contributed by atoms with Gasteiger partial charge in [-0.1, -0.05) is 35.5 Å². The molecule has 4 heteroatoms. The number of hydrogen-bond acceptors (Lipinski definition) is 3. The van der Waals surface area contributed by atoms with E-state index in [1.165, 1.54) is 11.8 Å². The van der Waals surface area contributed by atoms with E-state index >= 15 is 0 Å². The molecule has 0 atom stereocenters. The van der Waals surface area contributed by atoms with Gasteiger partial charge < -0.3 is 0 Å². The molecule has 0 aliphatic heterocycles. The highest BCUT2D eigenvalue weighted by Crippen LogP contribution is 2.25. The molecule has 2 nitrogen and oxygen atoms in total. The van der Waals surface area contributed by atoms with Gasteiger partial charge in [-0.15, -0.1) is 0 Å². The van der Waals surface area contributed by atoms with Crippen molar-refractivity contribution >= 4 is 34.3 Å². The largest absolute Gasteiger partial charge is 0.222 e. The summed E-state index contributed by atoms with van der Waals surface area (Å²) in [6, 6.07) is 5.93. The molecule has 2 rings (SSSR count). The lowest BCUT2D eigenvalue weighted by molar-refractivity contribution is 1.00. The first-order chi connectivity index (χ1) is 6.72. The molecule has 0 bridgehead atoms. The molecule has 0 spiro atoms. The summed E-state index contributed by atoms with van der Waals surface area (Å²) in [6.07, 6.45) is 1.94. The SMILES string of the molecule is CSc1nc(Cl)c2cccc(C)c2n1. The van der Waals surface area contributed by atoms with Crippen LogP contribution in [0.2, 0.25) is 5.15 Å². The van der Waals surface area contributed by atoms with E-state index in [1.807, 2.05) is 31.4 Å². The molecule has 0 N–H and O–H groups in total. The molecule has 72 valence electrons. The Morgan fingerprint density at radius 2 is 2.07 bits per heavy atom. The molecule has 1 heterocycles. The van der Waals surface area contributed by atoms with Crippen LogP contribution in [0, 0.1) is 6.92 Å². The molecule has 1 aromatic heterocycles. The van der Waals surface area contributed by atoms with Crippen LogP contribution < -0.4 is 0 Å². The number of para-hydroxylation sites is 1. The molecule has 0 radical (unpaired) electrons. The number of benzene rings is 1. The van der Waals surface area contributed by atoms with E-state index in [0.717, 1.165) is 21.6 Å². The van der Waals surface area contributed by atoms with E-state index in [0.29, 0.717) is 5.15 Å². The molecule has 1 aromatic carbocycles. The minimum Gasteiger partial charge on any atom is -0.222 e. The third-order valence-electron chi connectivity index (χ3n) is 2.04. The second kappa shape index (κ2) is 3.75. The van der Waals surface area contributed by atoms with Crippen LogP contribution in [-0.2, 0) is 0 Å². The zero-order valence-corrected chi connectivity index (χ0v) is 9.49. The van der Waals surface area contributed by atoms with Crippen molar-refractivity contribution in [3.8, 4) is 0 Å². The number of thioether (sulfide) groups is 1. The lowest BCUT2D eigenvalue weighted by atomic mass is 10.1. The van der Waals surface area contributed by atoms with Gasteiger partial charge in [-0.05, 0) is 24.8 Å². The number of rotatable bonds is 1. The van der Waals surface area contributed by atoms with Crippen LogP contribution in [0.3, 0.4) is 0 Å². The normalized spacial score (nSPS) is 10.8. The first kappa shape index (κ1) is 9.74. The van der Waals surface area contributed by atoms with Gasteiger partial charge in [-0.3, -0.25) is 0 Å². The van der Waals surface area contributed by atoms with Gasteiger partial charge in [0.15, 0.2) is 5.16 Å². The van der Waals surface area contributed by atoms with Crippen molar-refractivity contribution in [1.29, 1.82) is 0 Å². The lowest BCUT2D eigenvalue weighted by Crippen LogP contribution is -1.91. The fourth-order valence-corrected chi connectivity index (χ4v) is 1.98. The van der Waals surface area contributed by atoms with Crippen molar-refractivity contribution in [3.05, 3.63) is 28.9 Å². The van der Waals surface area contributed by atoms with Crippen LogP contribution in [0.15, 0.2) is 23.4 Å². The van der Waals surface area contributed by atoms with Crippen molar-refractivity contribution < 1.29 is 0 Å². The van der Waals surface area contributed by atoms with E-state index in [-0.39, 0.29) is 0 Å². The Hall–Kier alpha value is -0.800. The molecule has 14 heavy (non-hydrogen) atoms. The molecule has 0 saturated heterocycles. The number of hydrogen-bond donors (Lipinski definition) is 0. The maximum Gasteiger partial charge on any atom is 0.189 e. The number of fused-ring (bicyclic) bond motifs is 1. The highest BCUT2D eigenvalue weighted by molar-refractivity contribution is 7.98. The number of aryl methyl sites for hydroxylation is 1. The molecule has 0 amide bonds. The molecule has 0 aliphatic rings. The fraction of sp³-hybridized carbons (Fsp3) is 0.200. The van der Waals surface area contributed by atoms with Gasteiger partial charge in [-0.2, -0.15) is 0 Å². The molecule has 2 aromatic rings. The van der Waals surface area contributed by atoms with Crippen LogP contribution in [0.4, 0.5) is 0 Å². The van der Waals surface area contributed by atoms with Crippen LogP contribution >= 0.6 is 23.4 Å². The Labute approximate surface area is 91.7 Å². The third kappa shape index (κ3) is 1.57. The van der Waals surface area contributed by atoms with Crippen LogP contribution in [0.1, 0.15) is 5.56 Å². The standard InChI is InChI=1S/C10H9ClN2S/c1-6-4-3-5-7-8(6)12-10(14-2)13-9(7)11/h3-5H,1-2H3. The Morgan fingerprint density at radius 1 is 1.29 bits per heavy atom. The Balaban J connectivity index is 2.83. The van der Waals surface area contributed by atoms with Gasteiger partial charge in [0.1, 0.15) is 5.15 Å². The van der Waals surface area contributed by atoms with Crippen molar-refractivity contribution in [3.63, 3.8) is 0 Å². The number of halogens is 1. The van der Waals surface area contributed by atoms with Crippen LogP contribution in [-0.4, -0.2) is 16.2 Å². The summed E-state index contributed by atoms with van der Waals surface area (Å²) < 4.78 is 0. The summed E-state index contributed by atoms with van der Waals surface area (Å²) in [5.41, 5.74) is 2.07. The van der Waals surface area contributed by atoms with E-state index in [2.05, 4.69) is 9.97 Å². The molecular weight excluding hydrogens is 216 g/mol. The van der Waals surface area contributed by atoms with Crippen molar-refractivity contribution in [1.82, 2.24) is 9.97 Å². The minimum absolute atomic E-state index is 0.531. The lowest BCUT2D eigenvalue weighted by Gasteiger charge is -2.04. The zero-order chi connectivity index (χ0) is 10.1. The summed E-state index contributed by atoms with van der Waals surface area (Å²) in [4.78, 5) is 8.60. The predicted octanol–water partition coefficient (Wildman–Crippen LogP) is 3.31. The monoisotopic (exact) mass is 224 g/mol. The smallest absolute Gasteiger partial charge is 0.189 e. The van der Waals surface area contributed by atoms with Gasteiger partial charge in [0.25, 0.3) is 0 Å². The quantitative estimate of drug-likeness (QED) is 0.422. The fourth-order valence-electron chi connectivity index (χ4n) is 1.33. The Bertz CT molecular complexity index is 485. The molecule has 0 unspecified atom stereocenters. The highest BCUT2D eigenvalue weighted by atomic mass is 35.5. The maximum atomic E-state index is 6.05. The van der Waals surface area contributed by atoms with Crippen molar-refractivity contribution in [2.24, 2.45) is 0 Å². The summed E-state index contributed by atoms with van der Waals surface area (Å²) in [6.45, 7) is 2.02. The summed E-state index contributed by atoms with van der Waals surface area (Å²) >= 11 is 7.55. The van der Waals surface area contributed by atoms with Crippen molar-refractivity contribution in [2.45, 2.75) is 12.1 Å². The van der Waals surface area contributed by atoms with E-state index < -0.39 is 0 Å². The van der Waals surface area contributed by atoms with Gasteiger partial charge in [0, 0.05) is 5.39 Å². The summed E-state index contributed by atoms with van der Waals surface area (Å²) in [7, 11) is 0. The topological polar surface area (TPSA) is 25.8 Å².